The second-order valence-corrected chi connectivity index (χ2v) is 8.30. The van der Waals surface area contributed by atoms with Crippen LogP contribution in [0, 0.1) is 6.92 Å². The highest BCUT2D eigenvalue weighted by Gasteiger charge is 2.17. The number of H-pyrrole nitrogens is 1. The predicted molar refractivity (Wildman–Crippen MR) is 118 cm³/mol. The fourth-order valence-corrected chi connectivity index (χ4v) is 4.31. The van der Waals surface area contributed by atoms with Crippen LogP contribution in [0.2, 0.25) is 0 Å². The van der Waals surface area contributed by atoms with Gasteiger partial charge < -0.3 is 9.64 Å². The summed E-state index contributed by atoms with van der Waals surface area (Å²) in [5.74, 6) is 0.512. The fraction of sp³-hybridized carbons (Fsp3) is 0.565. The van der Waals surface area contributed by atoms with Crippen LogP contribution in [0.1, 0.15) is 54.6 Å². The summed E-state index contributed by atoms with van der Waals surface area (Å²) >= 11 is 0. The number of aromatic amines is 1. The van der Waals surface area contributed by atoms with E-state index in [1.807, 2.05) is 30.0 Å². The van der Waals surface area contributed by atoms with E-state index in [0.29, 0.717) is 55.4 Å². The first-order valence-corrected chi connectivity index (χ1v) is 11.3. The largest absolute Gasteiger partial charge is 0.378 e. The molecule has 0 atom stereocenters. The molecule has 2 aromatic rings. The molecule has 2 aliphatic rings. The van der Waals surface area contributed by atoms with E-state index in [1.54, 1.807) is 10.8 Å². The molecule has 0 amide bonds. The van der Waals surface area contributed by atoms with Crippen LogP contribution in [-0.4, -0.2) is 52.8 Å². The van der Waals surface area contributed by atoms with Crippen molar-refractivity contribution < 1.29 is 9.53 Å². The van der Waals surface area contributed by atoms with E-state index < -0.39 is 0 Å². The van der Waals surface area contributed by atoms with E-state index in [2.05, 4.69) is 9.97 Å². The highest BCUT2D eigenvalue weighted by Crippen LogP contribution is 2.19. The molecule has 1 aliphatic carbocycles. The molecular weight excluding hydrogens is 394 g/mol. The van der Waals surface area contributed by atoms with E-state index in [0.717, 1.165) is 12.8 Å². The van der Waals surface area contributed by atoms with Gasteiger partial charge in [0.15, 0.2) is 0 Å². The number of hydrogen-bond donors (Lipinski definition) is 1. The molecule has 2 aromatic heterocycles. The Bertz CT molecular complexity index is 1030. The molecule has 1 saturated carbocycles. The lowest BCUT2D eigenvalue weighted by molar-refractivity contribution is 0.0897. The Labute approximate surface area is 182 Å². The lowest BCUT2D eigenvalue weighted by Crippen LogP contribution is -2.38. The van der Waals surface area contributed by atoms with Crippen LogP contribution in [0.5, 0.6) is 0 Å². The minimum absolute atomic E-state index is 0.0637. The first-order chi connectivity index (χ1) is 15.1. The lowest BCUT2D eigenvalue weighted by Gasteiger charge is -2.27. The SMILES string of the molecule is Cc1nc(N2CCOCC2)[nH]c(=O)c1CCC(=O)n1ccccc1=NC1CCCCC1. The monoisotopic (exact) mass is 425 g/mol. The highest BCUT2D eigenvalue weighted by molar-refractivity contribution is 5.78. The van der Waals surface area contributed by atoms with Crippen molar-refractivity contribution in [3.8, 4) is 0 Å². The summed E-state index contributed by atoms with van der Waals surface area (Å²) in [6.45, 7) is 4.50. The maximum atomic E-state index is 13.0. The van der Waals surface area contributed by atoms with Crippen LogP contribution in [0.15, 0.2) is 34.2 Å². The van der Waals surface area contributed by atoms with E-state index in [4.69, 9.17) is 9.73 Å². The van der Waals surface area contributed by atoms with Crippen LogP contribution in [-0.2, 0) is 11.2 Å². The average molecular weight is 426 g/mol. The molecule has 8 heteroatoms. The molecule has 1 aliphatic heterocycles. The van der Waals surface area contributed by atoms with Crippen molar-refractivity contribution in [2.45, 2.75) is 57.9 Å². The van der Waals surface area contributed by atoms with Gasteiger partial charge in [-0.15, -0.1) is 0 Å². The van der Waals surface area contributed by atoms with E-state index >= 15 is 0 Å². The third kappa shape index (κ3) is 5.31. The second-order valence-electron chi connectivity index (χ2n) is 8.30. The van der Waals surface area contributed by atoms with Gasteiger partial charge in [0.2, 0.25) is 11.9 Å². The smallest absolute Gasteiger partial charge is 0.255 e. The molecule has 31 heavy (non-hydrogen) atoms. The van der Waals surface area contributed by atoms with Crippen molar-refractivity contribution in [2.75, 3.05) is 31.2 Å². The van der Waals surface area contributed by atoms with Crippen LogP contribution < -0.4 is 15.9 Å². The van der Waals surface area contributed by atoms with Crippen molar-refractivity contribution in [3.63, 3.8) is 0 Å². The predicted octanol–water partition coefficient (Wildman–Crippen LogP) is 2.22. The van der Waals surface area contributed by atoms with Crippen molar-refractivity contribution in [3.05, 3.63) is 51.5 Å². The number of morpholine rings is 1. The van der Waals surface area contributed by atoms with Gasteiger partial charge in [-0.05, 0) is 38.3 Å². The molecule has 0 unspecified atom stereocenters. The minimum Gasteiger partial charge on any atom is -0.378 e. The van der Waals surface area contributed by atoms with Crippen molar-refractivity contribution in [2.24, 2.45) is 4.99 Å². The Balaban J connectivity index is 1.48. The van der Waals surface area contributed by atoms with E-state index in [9.17, 15) is 9.59 Å². The third-order valence-corrected chi connectivity index (χ3v) is 6.11. The number of aromatic nitrogens is 3. The third-order valence-electron chi connectivity index (χ3n) is 6.11. The molecule has 3 heterocycles. The van der Waals surface area contributed by atoms with Gasteiger partial charge in [0, 0.05) is 37.0 Å². The zero-order valence-corrected chi connectivity index (χ0v) is 18.2. The summed E-state index contributed by atoms with van der Waals surface area (Å²) < 4.78 is 6.98. The highest BCUT2D eigenvalue weighted by atomic mass is 16.5. The zero-order chi connectivity index (χ0) is 21.6. The number of aryl methyl sites for hydroxylation is 1. The summed E-state index contributed by atoms with van der Waals surface area (Å²) in [6.07, 6.45) is 8.17. The summed E-state index contributed by atoms with van der Waals surface area (Å²) in [4.78, 5) is 40.0. The van der Waals surface area contributed by atoms with Gasteiger partial charge in [0.05, 0.1) is 19.3 Å². The van der Waals surface area contributed by atoms with Gasteiger partial charge in [-0.2, -0.15) is 0 Å². The Morgan fingerprint density at radius 2 is 2.00 bits per heavy atom. The van der Waals surface area contributed by atoms with Gasteiger partial charge >= 0.3 is 0 Å². The standard InChI is InChI=1S/C23H31N5O3/c1-17-19(22(30)26-23(24-17)27-13-15-31-16-14-27)10-11-21(29)28-12-6-5-9-20(28)25-18-7-3-2-4-8-18/h5-6,9,12,18H,2-4,7-8,10-11,13-16H2,1H3,(H,24,26,30). The zero-order valence-electron chi connectivity index (χ0n) is 18.2. The maximum Gasteiger partial charge on any atom is 0.255 e. The summed E-state index contributed by atoms with van der Waals surface area (Å²) in [6, 6.07) is 5.93. The number of nitrogens with zero attached hydrogens (tertiary/aromatic N) is 4. The lowest BCUT2D eigenvalue weighted by atomic mass is 9.96. The van der Waals surface area contributed by atoms with Gasteiger partial charge in [-0.3, -0.25) is 24.1 Å². The molecule has 4 rings (SSSR count). The second kappa shape index (κ2) is 10.0. The average Bonchev–Trinajstić information content (AvgIpc) is 2.80. The number of rotatable bonds is 5. The first kappa shape index (κ1) is 21.5. The number of nitrogens with one attached hydrogen (secondary N) is 1. The topological polar surface area (TPSA) is 92.6 Å². The van der Waals surface area contributed by atoms with Crippen LogP contribution in [0.3, 0.4) is 0 Å². The number of carbonyl (C=O) groups excluding carboxylic acids is 1. The number of pyridine rings is 1. The first-order valence-electron chi connectivity index (χ1n) is 11.3. The summed E-state index contributed by atoms with van der Waals surface area (Å²) in [5.41, 5.74) is 1.76. The van der Waals surface area contributed by atoms with Crippen LogP contribution in [0.25, 0.3) is 0 Å². The van der Waals surface area contributed by atoms with Crippen molar-refractivity contribution in [1.29, 1.82) is 0 Å². The van der Waals surface area contributed by atoms with Gasteiger partial charge in [0.1, 0.15) is 5.49 Å². The molecular formula is C23H31N5O3. The van der Waals surface area contributed by atoms with Crippen LogP contribution >= 0.6 is 0 Å². The summed E-state index contributed by atoms with van der Waals surface area (Å²) in [7, 11) is 0. The maximum absolute atomic E-state index is 13.0. The Hall–Kier alpha value is -2.74. The Kier molecular flexibility index (Phi) is 6.96. The molecule has 0 aromatic carbocycles. The molecule has 0 radical (unpaired) electrons. The Morgan fingerprint density at radius 1 is 1.23 bits per heavy atom. The molecule has 0 spiro atoms. The Morgan fingerprint density at radius 3 is 2.74 bits per heavy atom. The van der Waals surface area contributed by atoms with Gasteiger partial charge in [0.25, 0.3) is 5.56 Å². The minimum atomic E-state index is -0.174. The van der Waals surface area contributed by atoms with E-state index in [-0.39, 0.29) is 23.9 Å². The molecule has 2 fully saturated rings. The molecule has 1 N–H and O–H groups in total. The van der Waals surface area contributed by atoms with Crippen LogP contribution in [0.4, 0.5) is 5.95 Å². The number of ether oxygens (including phenoxy) is 1. The number of anilines is 1. The molecule has 166 valence electrons. The molecule has 0 bridgehead atoms. The van der Waals surface area contributed by atoms with E-state index in [1.165, 1.54) is 19.3 Å². The molecule has 1 saturated heterocycles. The van der Waals surface area contributed by atoms with Gasteiger partial charge in [-0.25, -0.2) is 4.98 Å². The normalized spacial score (nSPS) is 18.4. The van der Waals surface area contributed by atoms with Crippen molar-refractivity contribution in [1.82, 2.24) is 14.5 Å². The van der Waals surface area contributed by atoms with Gasteiger partial charge in [-0.1, -0.05) is 25.3 Å². The molecule has 8 nitrogen and oxygen atoms in total. The number of hydrogen-bond acceptors (Lipinski definition) is 6. The van der Waals surface area contributed by atoms with Crippen molar-refractivity contribution >= 4 is 11.9 Å². The fourth-order valence-electron chi connectivity index (χ4n) is 4.31. The number of carbonyl (C=O) groups is 1. The summed E-state index contributed by atoms with van der Waals surface area (Å²) in [5, 5.41) is 0. The quantitative estimate of drug-likeness (QED) is 0.793.